The summed E-state index contributed by atoms with van der Waals surface area (Å²) in [5, 5.41) is 12.3. The van der Waals surface area contributed by atoms with Crippen LogP contribution in [-0.2, 0) is 11.3 Å². The molecule has 0 aromatic carbocycles. The molecule has 0 bridgehead atoms. The number of carboxylic acid groups (broad SMARTS) is 1. The molecular formula is C13H19NO4. The van der Waals surface area contributed by atoms with Gasteiger partial charge in [0.15, 0.2) is 0 Å². The molecule has 5 nitrogen and oxygen atoms in total. The molecular weight excluding hydrogens is 234 g/mol. The fourth-order valence-corrected chi connectivity index (χ4v) is 2.22. The molecule has 1 fully saturated rings. The molecule has 0 radical (unpaired) electrons. The molecule has 1 atom stereocenters. The number of aromatic carboxylic acids is 1. The van der Waals surface area contributed by atoms with Crippen LogP contribution in [0.1, 0.15) is 41.6 Å². The molecule has 0 spiro atoms. The Labute approximate surface area is 106 Å². The lowest BCUT2D eigenvalue weighted by Crippen LogP contribution is -2.48. The van der Waals surface area contributed by atoms with Gasteiger partial charge >= 0.3 is 5.97 Å². The molecule has 1 aliphatic rings. The summed E-state index contributed by atoms with van der Waals surface area (Å²) in [4.78, 5) is 10.9. The van der Waals surface area contributed by atoms with Crippen LogP contribution in [0.2, 0.25) is 0 Å². The Morgan fingerprint density at radius 2 is 2.39 bits per heavy atom. The van der Waals surface area contributed by atoms with E-state index in [-0.39, 0.29) is 11.3 Å². The summed E-state index contributed by atoms with van der Waals surface area (Å²) in [6.45, 7) is 5.87. The number of carbonyl (C=O) groups is 1. The third-order valence-corrected chi connectivity index (χ3v) is 3.29. The quantitative estimate of drug-likeness (QED) is 0.858. The molecule has 100 valence electrons. The van der Waals surface area contributed by atoms with E-state index in [4.69, 9.17) is 14.3 Å². The molecule has 1 aromatic rings. The van der Waals surface area contributed by atoms with Gasteiger partial charge in [-0.2, -0.15) is 0 Å². The first kappa shape index (κ1) is 13.1. The Morgan fingerprint density at radius 3 is 2.94 bits per heavy atom. The van der Waals surface area contributed by atoms with Crippen molar-refractivity contribution in [3.8, 4) is 0 Å². The highest BCUT2D eigenvalue weighted by Crippen LogP contribution is 2.20. The molecule has 0 aliphatic carbocycles. The molecule has 1 saturated heterocycles. The second kappa shape index (κ2) is 5.12. The lowest BCUT2D eigenvalue weighted by molar-refractivity contribution is 0.0269. The molecule has 5 heteroatoms. The molecule has 2 heterocycles. The van der Waals surface area contributed by atoms with Crippen molar-refractivity contribution in [3.63, 3.8) is 0 Å². The molecule has 0 saturated carbocycles. The molecule has 2 rings (SSSR count). The first-order valence-electron chi connectivity index (χ1n) is 6.15. The minimum absolute atomic E-state index is 0.0249. The predicted octanol–water partition coefficient (Wildman–Crippen LogP) is 1.94. The van der Waals surface area contributed by atoms with Gasteiger partial charge in [-0.15, -0.1) is 0 Å². The highest BCUT2D eigenvalue weighted by Gasteiger charge is 2.27. The maximum absolute atomic E-state index is 10.9. The van der Waals surface area contributed by atoms with Gasteiger partial charge in [0.05, 0.1) is 13.2 Å². The fourth-order valence-electron chi connectivity index (χ4n) is 2.22. The molecule has 18 heavy (non-hydrogen) atoms. The van der Waals surface area contributed by atoms with Gasteiger partial charge in [-0.3, -0.25) is 0 Å². The van der Waals surface area contributed by atoms with Gasteiger partial charge in [0.1, 0.15) is 5.76 Å². The van der Waals surface area contributed by atoms with Gasteiger partial charge in [0.25, 0.3) is 0 Å². The average Bonchev–Trinajstić information content (AvgIpc) is 2.69. The summed E-state index contributed by atoms with van der Waals surface area (Å²) in [6.07, 6.45) is 2.10. The van der Waals surface area contributed by atoms with E-state index in [1.54, 1.807) is 13.0 Å². The fraction of sp³-hybridized carbons (Fsp3) is 0.615. The number of ether oxygens (including phenoxy) is 1. The van der Waals surface area contributed by atoms with Gasteiger partial charge in [-0.25, -0.2) is 4.79 Å². The van der Waals surface area contributed by atoms with Crippen LogP contribution in [0.5, 0.6) is 0 Å². The normalized spacial score (nSPS) is 24.1. The molecule has 1 unspecified atom stereocenters. The van der Waals surface area contributed by atoms with Crippen LogP contribution in [0.15, 0.2) is 10.5 Å². The standard InChI is InChI=1S/C13H19NO4/c1-9-6-10(18-11(9)12(15)16)7-14-13(2)4-3-5-17-8-13/h6,14H,3-5,7-8H2,1-2H3,(H,15,16). The van der Waals surface area contributed by atoms with Gasteiger partial charge in [0.2, 0.25) is 5.76 Å². The smallest absolute Gasteiger partial charge is 0.372 e. The number of rotatable bonds is 4. The number of nitrogens with one attached hydrogen (secondary N) is 1. The Hall–Kier alpha value is -1.33. The largest absolute Gasteiger partial charge is 0.475 e. The Kier molecular flexibility index (Phi) is 3.73. The minimum Gasteiger partial charge on any atom is -0.475 e. The minimum atomic E-state index is -1.02. The van der Waals surface area contributed by atoms with E-state index in [9.17, 15) is 4.79 Å². The third kappa shape index (κ3) is 2.91. The van der Waals surface area contributed by atoms with Crippen LogP contribution in [0.4, 0.5) is 0 Å². The van der Waals surface area contributed by atoms with E-state index < -0.39 is 5.97 Å². The highest BCUT2D eigenvalue weighted by atomic mass is 16.5. The van der Waals surface area contributed by atoms with Crippen molar-refractivity contribution < 1.29 is 19.1 Å². The van der Waals surface area contributed by atoms with Crippen molar-refractivity contribution in [2.24, 2.45) is 0 Å². The van der Waals surface area contributed by atoms with E-state index in [0.717, 1.165) is 19.4 Å². The maximum atomic E-state index is 10.9. The van der Waals surface area contributed by atoms with Crippen molar-refractivity contribution in [1.29, 1.82) is 0 Å². The van der Waals surface area contributed by atoms with E-state index in [2.05, 4.69) is 12.2 Å². The van der Waals surface area contributed by atoms with Crippen molar-refractivity contribution in [3.05, 3.63) is 23.2 Å². The van der Waals surface area contributed by atoms with Crippen LogP contribution < -0.4 is 5.32 Å². The van der Waals surface area contributed by atoms with E-state index in [0.29, 0.717) is 24.5 Å². The zero-order chi connectivity index (χ0) is 13.2. The summed E-state index contributed by atoms with van der Waals surface area (Å²) >= 11 is 0. The third-order valence-electron chi connectivity index (χ3n) is 3.29. The highest BCUT2D eigenvalue weighted by molar-refractivity contribution is 5.86. The summed E-state index contributed by atoms with van der Waals surface area (Å²) in [5.41, 5.74) is 0.604. The van der Waals surface area contributed by atoms with Crippen LogP contribution in [0, 0.1) is 6.92 Å². The Morgan fingerprint density at radius 1 is 1.61 bits per heavy atom. The molecule has 1 aliphatic heterocycles. The lowest BCUT2D eigenvalue weighted by atomic mass is 9.95. The zero-order valence-corrected chi connectivity index (χ0v) is 10.8. The summed E-state index contributed by atoms with van der Waals surface area (Å²) < 4.78 is 10.8. The van der Waals surface area contributed by atoms with Crippen molar-refractivity contribution in [1.82, 2.24) is 5.32 Å². The van der Waals surface area contributed by atoms with Gasteiger partial charge in [0, 0.05) is 17.7 Å². The second-order valence-corrected chi connectivity index (χ2v) is 5.10. The average molecular weight is 253 g/mol. The predicted molar refractivity (Wildman–Crippen MR) is 65.7 cm³/mol. The van der Waals surface area contributed by atoms with Crippen LogP contribution >= 0.6 is 0 Å². The van der Waals surface area contributed by atoms with Gasteiger partial charge < -0.3 is 19.6 Å². The zero-order valence-electron chi connectivity index (χ0n) is 10.8. The molecule has 2 N–H and O–H groups in total. The number of hydrogen-bond acceptors (Lipinski definition) is 4. The lowest BCUT2D eigenvalue weighted by Gasteiger charge is -2.34. The SMILES string of the molecule is Cc1cc(CNC2(C)CCCOC2)oc1C(=O)O. The topological polar surface area (TPSA) is 71.7 Å². The summed E-state index contributed by atoms with van der Waals surface area (Å²) in [7, 11) is 0. The van der Waals surface area contributed by atoms with Gasteiger partial charge in [-0.1, -0.05) is 0 Å². The second-order valence-electron chi connectivity index (χ2n) is 5.10. The van der Waals surface area contributed by atoms with Crippen LogP contribution in [-0.4, -0.2) is 29.8 Å². The van der Waals surface area contributed by atoms with E-state index in [1.165, 1.54) is 0 Å². The summed E-state index contributed by atoms with van der Waals surface area (Å²) in [5.74, 6) is -0.348. The Balaban J connectivity index is 1.97. The summed E-state index contributed by atoms with van der Waals surface area (Å²) in [6, 6.07) is 1.77. The maximum Gasteiger partial charge on any atom is 0.372 e. The Bertz CT molecular complexity index is 432. The first-order valence-corrected chi connectivity index (χ1v) is 6.15. The molecule has 1 aromatic heterocycles. The van der Waals surface area contributed by atoms with Crippen molar-refractivity contribution >= 4 is 5.97 Å². The van der Waals surface area contributed by atoms with Gasteiger partial charge in [-0.05, 0) is 32.8 Å². The number of aryl methyl sites for hydroxylation is 1. The number of hydrogen-bond donors (Lipinski definition) is 2. The monoisotopic (exact) mass is 253 g/mol. The van der Waals surface area contributed by atoms with Crippen molar-refractivity contribution in [2.75, 3.05) is 13.2 Å². The number of carboxylic acids is 1. The van der Waals surface area contributed by atoms with Crippen molar-refractivity contribution in [2.45, 2.75) is 38.8 Å². The van der Waals surface area contributed by atoms with Crippen LogP contribution in [0.3, 0.4) is 0 Å². The van der Waals surface area contributed by atoms with E-state index in [1.807, 2.05) is 0 Å². The van der Waals surface area contributed by atoms with E-state index >= 15 is 0 Å². The van der Waals surface area contributed by atoms with Crippen LogP contribution in [0.25, 0.3) is 0 Å². The first-order chi connectivity index (χ1) is 8.50. The number of furan rings is 1. The molecule has 0 amide bonds.